The number of rotatable bonds is 6. The summed E-state index contributed by atoms with van der Waals surface area (Å²) in [6.45, 7) is 5.63. The molecule has 0 saturated carbocycles. The number of halogens is 3. The first-order valence-electron chi connectivity index (χ1n) is 6.27. The van der Waals surface area contributed by atoms with E-state index in [1.54, 1.807) is 6.07 Å². The summed E-state index contributed by atoms with van der Waals surface area (Å²) in [4.78, 5) is 0. The summed E-state index contributed by atoms with van der Waals surface area (Å²) >= 11 is 0. The van der Waals surface area contributed by atoms with Crippen molar-refractivity contribution in [3.8, 4) is 6.07 Å². The molecule has 1 N–H and O–H groups in total. The summed E-state index contributed by atoms with van der Waals surface area (Å²) in [5, 5.41) is 11.7. The molecule has 0 bridgehead atoms. The second-order valence-electron chi connectivity index (χ2n) is 4.77. The van der Waals surface area contributed by atoms with Gasteiger partial charge in [-0.3, -0.25) is 0 Å². The van der Waals surface area contributed by atoms with Gasteiger partial charge >= 0.3 is 6.18 Å². The normalized spacial score (nSPS) is 11.4. The van der Waals surface area contributed by atoms with Crippen LogP contribution in [0, 0.1) is 17.2 Å². The lowest BCUT2D eigenvalue weighted by Crippen LogP contribution is -2.13. The standard InChI is InChI=1S/C14H17F3N2O/c1-10(2)9-20-6-5-19-12-3-4-13(14(15,16)17)11(7-12)8-18/h3-4,7,10,19H,5-6,9H2,1-2H3. The van der Waals surface area contributed by atoms with Crippen LogP contribution in [-0.2, 0) is 10.9 Å². The van der Waals surface area contributed by atoms with Gasteiger partial charge < -0.3 is 10.1 Å². The zero-order valence-corrected chi connectivity index (χ0v) is 11.4. The van der Waals surface area contributed by atoms with Gasteiger partial charge in [0.2, 0.25) is 0 Å². The van der Waals surface area contributed by atoms with Crippen LogP contribution in [0.5, 0.6) is 0 Å². The number of ether oxygens (including phenoxy) is 1. The minimum Gasteiger partial charge on any atom is -0.383 e. The predicted molar refractivity (Wildman–Crippen MR) is 70.3 cm³/mol. The second kappa shape index (κ2) is 7.15. The van der Waals surface area contributed by atoms with Crippen LogP contribution in [0.1, 0.15) is 25.0 Å². The monoisotopic (exact) mass is 286 g/mol. The van der Waals surface area contributed by atoms with E-state index in [1.807, 2.05) is 13.8 Å². The zero-order chi connectivity index (χ0) is 15.2. The van der Waals surface area contributed by atoms with Crippen molar-refractivity contribution >= 4 is 5.69 Å². The number of nitrogens with zero attached hydrogens (tertiary/aromatic N) is 1. The molecule has 1 rings (SSSR count). The Morgan fingerprint density at radius 2 is 2.05 bits per heavy atom. The highest BCUT2D eigenvalue weighted by Gasteiger charge is 2.33. The molecule has 0 aromatic heterocycles. The number of nitriles is 1. The maximum atomic E-state index is 12.6. The lowest BCUT2D eigenvalue weighted by Gasteiger charge is -2.12. The van der Waals surface area contributed by atoms with Crippen molar-refractivity contribution in [1.29, 1.82) is 5.26 Å². The number of nitrogens with one attached hydrogen (secondary N) is 1. The van der Waals surface area contributed by atoms with Gasteiger partial charge in [-0.1, -0.05) is 13.8 Å². The van der Waals surface area contributed by atoms with Crippen LogP contribution in [0.2, 0.25) is 0 Å². The maximum Gasteiger partial charge on any atom is 0.417 e. The molecule has 1 aromatic rings. The van der Waals surface area contributed by atoms with E-state index in [-0.39, 0.29) is 5.56 Å². The molecule has 0 aliphatic rings. The van der Waals surface area contributed by atoms with Gasteiger partial charge in [0.25, 0.3) is 0 Å². The fraction of sp³-hybridized carbons (Fsp3) is 0.500. The Labute approximate surface area is 116 Å². The van der Waals surface area contributed by atoms with Gasteiger partial charge in [-0.15, -0.1) is 0 Å². The zero-order valence-electron chi connectivity index (χ0n) is 11.4. The lowest BCUT2D eigenvalue weighted by atomic mass is 10.1. The van der Waals surface area contributed by atoms with E-state index in [2.05, 4.69) is 5.32 Å². The van der Waals surface area contributed by atoms with Crippen LogP contribution in [0.15, 0.2) is 18.2 Å². The van der Waals surface area contributed by atoms with Crippen molar-refractivity contribution in [2.24, 2.45) is 5.92 Å². The Morgan fingerprint density at radius 1 is 1.35 bits per heavy atom. The van der Waals surface area contributed by atoms with Crippen LogP contribution in [0.25, 0.3) is 0 Å². The van der Waals surface area contributed by atoms with Crippen molar-refractivity contribution in [2.75, 3.05) is 25.1 Å². The summed E-state index contributed by atoms with van der Waals surface area (Å²) in [6.07, 6.45) is -4.51. The van der Waals surface area contributed by atoms with Crippen LogP contribution in [0.4, 0.5) is 18.9 Å². The molecule has 0 radical (unpaired) electrons. The van der Waals surface area contributed by atoms with E-state index in [1.165, 1.54) is 12.1 Å². The van der Waals surface area contributed by atoms with Gasteiger partial charge in [0.1, 0.15) is 0 Å². The molecule has 0 saturated heterocycles. The highest BCUT2D eigenvalue weighted by molar-refractivity contribution is 5.53. The Morgan fingerprint density at radius 3 is 2.60 bits per heavy atom. The average molecular weight is 286 g/mol. The van der Waals surface area contributed by atoms with Crippen molar-refractivity contribution in [2.45, 2.75) is 20.0 Å². The molecule has 0 aliphatic heterocycles. The fourth-order valence-corrected chi connectivity index (χ4v) is 1.58. The van der Waals surface area contributed by atoms with Gasteiger partial charge in [0.15, 0.2) is 0 Å². The first-order valence-corrected chi connectivity index (χ1v) is 6.27. The molecule has 0 fully saturated rings. The summed E-state index contributed by atoms with van der Waals surface area (Å²) in [5.74, 6) is 0.436. The van der Waals surface area contributed by atoms with Gasteiger partial charge in [0, 0.05) is 18.8 Å². The number of hydrogen-bond acceptors (Lipinski definition) is 3. The third kappa shape index (κ3) is 5.10. The third-order valence-corrected chi connectivity index (χ3v) is 2.47. The van der Waals surface area contributed by atoms with E-state index >= 15 is 0 Å². The molecule has 6 heteroatoms. The van der Waals surface area contributed by atoms with Crippen LogP contribution in [0.3, 0.4) is 0 Å². The Hall–Kier alpha value is -1.74. The van der Waals surface area contributed by atoms with Crippen LogP contribution in [-0.4, -0.2) is 19.8 Å². The Kier molecular flexibility index (Phi) is 5.83. The topological polar surface area (TPSA) is 45.0 Å². The molecule has 0 spiro atoms. The fourth-order valence-electron chi connectivity index (χ4n) is 1.58. The number of benzene rings is 1. The van der Waals surface area contributed by atoms with Crippen LogP contribution < -0.4 is 5.32 Å². The van der Waals surface area contributed by atoms with Crippen molar-refractivity contribution in [3.63, 3.8) is 0 Å². The molecule has 0 amide bonds. The molecule has 0 atom stereocenters. The summed E-state index contributed by atoms with van der Waals surface area (Å²) in [5.41, 5.74) is -0.824. The minimum atomic E-state index is -4.51. The summed E-state index contributed by atoms with van der Waals surface area (Å²) < 4.78 is 43.2. The molecular formula is C14H17F3N2O. The highest BCUT2D eigenvalue weighted by Crippen LogP contribution is 2.32. The van der Waals surface area contributed by atoms with Crippen molar-refractivity contribution in [1.82, 2.24) is 0 Å². The number of hydrogen-bond donors (Lipinski definition) is 1. The van der Waals surface area contributed by atoms with E-state index < -0.39 is 11.7 Å². The first-order chi connectivity index (χ1) is 9.34. The van der Waals surface area contributed by atoms with E-state index in [9.17, 15) is 13.2 Å². The average Bonchev–Trinajstić information content (AvgIpc) is 2.36. The van der Waals surface area contributed by atoms with Gasteiger partial charge in [-0.2, -0.15) is 18.4 Å². The van der Waals surface area contributed by atoms with Crippen molar-refractivity contribution < 1.29 is 17.9 Å². The molecule has 0 aliphatic carbocycles. The number of alkyl halides is 3. The maximum absolute atomic E-state index is 12.6. The van der Waals surface area contributed by atoms with Gasteiger partial charge in [-0.25, -0.2) is 0 Å². The SMILES string of the molecule is CC(C)COCCNc1ccc(C(F)(F)F)c(C#N)c1. The minimum absolute atomic E-state index is 0.384. The van der Waals surface area contributed by atoms with Crippen LogP contribution >= 0.6 is 0 Å². The number of anilines is 1. The van der Waals surface area contributed by atoms with E-state index in [0.29, 0.717) is 31.4 Å². The quantitative estimate of drug-likeness (QED) is 0.812. The van der Waals surface area contributed by atoms with E-state index in [0.717, 1.165) is 6.07 Å². The molecular weight excluding hydrogens is 269 g/mol. The molecule has 0 heterocycles. The Bertz CT molecular complexity index is 478. The second-order valence-corrected chi connectivity index (χ2v) is 4.77. The third-order valence-electron chi connectivity index (χ3n) is 2.47. The largest absolute Gasteiger partial charge is 0.417 e. The highest BCUT2D eigenvalue weighted by atomic mass is 19.4. The first kappa shape index (κ1) is 16.3. The molecule has 0 unspecified atom stereocenters. The lowest BCUT2D eigenvalue weighted by molar-refractivity contribution is -0.137. The van der Waals surface area contributed by atoms with E-state index in [4.69, 9.17) is 10.00 Å². The predicted octanol–water partition coefficient (Wildman–Crippen LogP) is 3.66. The molecule has 20 heavy (non-hydrogen) atoms. The van der Waals surface area contributed by atoms with Gasteiger partial charge in [0.05, 0.1) is 23.8 Å². The molecule has 1 aromatic carbocycles. The van der Waals surface area contributed by atoms with Crippen molar-refractivity contribution in [3.05, 3.63) is 29.3 Å². The summed E-state index contributed by atoms with van der Waals surface area (Å²) in [6, 6.07) is 4.99. The van der Waals surface area contributed by atoms with Gasteiger partial charge in [-0.05, 0) is 24.1 Å². The smallest absolute Gasteiger partial charge is 0.383 e. The molecule has 3 nitrogen and oxygen atoms in total. The summed E-state index contributed by atoms with van der Waals surface area (Å²) in [7, 11) is 0. The Balaban J connectivity index is 2.59. The molecule has 110 valence electrons.